The van der Waals surface area contributed by atoms with E-state index in [0.717, 1.165) is 111 Å². The summed E-state index contributed by atoms with van der Waals surface area (Å²) in [5.41, 5.74) is 13.9. The Morgan fingerprint density at radius 1 is 0.308 bits per heavy atom. The van der Waals surface area contributed by atoms with Crippen LogP contribution < -0.4 is 5.32 Å². The summed E-state index contributed by atoms with van der Waals surface area (Å²) >= 11 is 0. The van der Waals surface area contributed by atoms with Gasteiger partial charge in [-0.25, -0.2) is 0 Å². The quantitative estimate of drug-likeness (QED) is 0.198. The van der Waals surface area contributed by atoms with Gasteiger partial charge in [-0.1, -0.05) is 91.0 Å². The fourth-order valence-electron chi connectivity index (χ4n) is 7.72. The number of hydrogen-bond acceptors (Lipinski definition) is 4. The van der Waals surface area contributed by atoms with Crippen LogP contribution in [-0.4, -0.2) is 0 Å². The molecule has 0 fully saturated rings. The molecule has 0 aliphatic heterocycles. The SMILES string of the molecule is c1ccc(Nc2ccccc2-c2cccc(-c3ccc4oc5c(ccc6c7cc(-c8ccc9oc%10ccccc%10c9c8)ccc7oc65)c4c3)c2)cc1. The minimum Gasteiger partial charge on any atom is -0.456 e. The molecule has 0 saturated carbocycles. The molecule has 0 saturated heterocycles. The molecular formula is C48H29NO3. The highest BCUT2D eigenvalue weighted by molar-refractivity contribution is 6.19. The van der Waals surface area contributed by atoms with Crippen molar-refractivity contribution in [1.29, 1.82) is 0 Å². The van der Waals surface area contributed by atoms with Gasteiger partial charge < -0.3 is 18.6 Å². The standard InChI is InChI=1S/C48H29NO3/c1-2-11-34(12-3-1)49-42-15-6-4-13-35(42)33-10-8-9-29(25-33)30-18-23-45-40(27-30)37-20-21-38-41-28-32(19-24-46(41)52-48(38)47(37)51-45)31-17-22-44-39(26-31)36-14-5-7-16-43(36)50-44/h1-28,49H. The van der Waals surface area contributed by atoms with Gasteiger partial charge in [0.2, 0.25) is 0 Å². The molecule has 0 radical (unpaired) electrons. The molecule has 0 aliphatic carbocycles. The van der Waals surface area contributed by atoms with Gasteiger partial charge in [-0.05, 0) is 107 Å². The Kier molecular flexibility index (Phi) is 6.22. The summed E-state index contributed by atoms with van der Waals surface area (Å²) in [6.45, 7) is 0. The Bertz CT molecular complexity index is 3160. The van der Waals surface area contributed by atoms with E-state index >= 15 is 0 Å². The Morgan fingerprint density at radius 3 is 1.52 bits per heavy atom. The van der Waals surface area contributed by atoms with E-state index in [9.17, 15) is 0 Å². The summed E-state index contributed by atoms with van der Waals surface area (Å²) < 4.78 is 19.1. The summed E-state index contributed by atoms with van der Waals surface area (Å²) in [6.07, 6.45) is 0. The van der Waals surface area contributed by atoms with E-state index in [1.54, 1.807) is 0 Å². The summed E-state index contributed by atoms with van der Waals surface area (Å²) in [6, 6.07) is 59.2. The Morgan fingerprint density at radius 2 is 0.827 bits per heavy atom. The number of anilines is 2. The van der Waals surface area contributed by atoms with Crippen molar-refractivity contribution in [2.24, 2.45) is 0 Å². The first-order valence-electron chi connectivity index (χ1n) is 17.5. The lowest BCUT2D eigenvalue weighted by atomic mass is 9.97. The van der Waals surface area contributed by atoms with Crippen molar-refractivity contribution in [3.8, 4) is 33.4 Å². The van der Waals surface area contributed by atoms with Gasteiger partial charge in [0, 0.05) is 49.3 Å². The Balaban J connectivity index is 0.980. The van der Waals surface area contributed by atoms with Crippen LogP contribution in [0.25, 0.3) is 99.2 Å². The number of fused-ring (bicyclic) bond motifs is 10. The number of para-hydroxylation sites is 3. The van der Waals surface area contributed by atoms with Gasteiger partial charge in [0.15, 0.2) is 11.2 Å². The maximum absolute atomic E-state index is 6.53. The molecule has 11 aromatic rings. The summed E-state index contributed by atoms with van der Waals surface area (Å²) in [5.74, 6) is 0. The van der Waals surface area contributed by atoms with Crippen molar-refractivity contribution >= 4 is 77.2 Å². The lowest BCUT2D eigenvalue weighted by Gasteiger charge is -2.13. The fraction of sp³-hybridized carbons (Fsp3) is 0. The number of rotatable bonds is 5. The molecule has 11 rings (SSSR count). The molecule has 4 nitrogen and oxygen atoms in total. The third-order valence-corrected chi connectivity index (χ3v) is 10.3. The maximum atomic E-state index is 6.53. The van der Waals surface area contributed by atoms with Crippen LogP contribution in [0, 0.1) is 0 Å². The van der Waals surface area contributed by atoms with E-state index in [1.165, 1.54) is 0 Å². The first-order valence-corrected chi connectivity index (χ1v) is 17.5. The van der Waals surface area contributed by atoms with Gasteiger partial charge in [0.1, 0.15) is 22.3 Å². The molecule has 0 unspecified atom stereocenters. The zero-order valence-electron chi connectivity index (χ0n) is 27.9. The van der Waals surface area contributed by atoms with E-state index in [1.807, 2.05) is 30.3 Å². The number of furan rings is 3. The average molecular weight is 668 g/mol. The number of hydrogen-bond donors (Lipinski definition) is 1. The van der Waals surface area contributed by atoms with E-state index in [-0.39, 0.29) is 0 Å². The monoisotopic (exact) mass is 667 g/mol. The lowest BCUT2D eigenvalue weighted by molar-refractivity contribution is 0.633. The van der Waals surface area contributed by atoms with Crippen molar-refractivity contribution in [3.05, 3.63) is 170 Å². The normalized spacial score (nSPS) is 11.8. The highest BCUT2D eigenvalue weighted by atomic mass is 16.4. The molecule has 4 heteroatoms. The smallest absolute Gasteiger partial charge is 0.178 e. The summed E-state index contributed by atoms with van der Waals surface area (Å²) in [7, 11) is 0. The average Bonchev–Trinajstić information content (AvgIpc) is 3.89. The topological polar surface area (TPSA) is 51.5 Å². The van der Waals surface area contributed by atoms with E-state index < -0.39 is 0 Å². The van der Waals surface area contributed by atoms with Gasteiger partial charge in [-0.3, -0.25) is 0 Å². The third kappa shape index (κ3) is 4.55. The largest absolute Gasteiger partial charge is 0.456 e. The molecule has 0 atom stereocenters. The van der Waals surface area contributed by atoms with Crippen LogP contribution in [0.15, 0.2) is 183 Å². The van der Waals surface area contributed by atoms with Crippen LogP contribution in [0.3, 0.4) is 0 Å². The van der Waals surface area contributed by atoms with Crippen LogP contribution in [0.2, 0.25) is 0 Å². The molecule has 8 aromatic carbocycles. The van der Waals surface area contributed by atoms with Crippen LogP contribution in [0.1, 0.15) is 0 Å². The zero-order valence-corrected chi connectivity index (χ0v) is 27.9. The predicted octanol–water partition coefficient (Wildman–Crippen LogP) is 14.1. The molecule has 52 heavy (non-hydrogen) atoms. The Hall–Kier alpha value is -7.04. The van der Waals surface area contributed by atoms with Gasteiger partial charge >= 0.3 is 0 Å². The highest BCUT2D eigenvalue weighted by Gasteiger charge is 2.18. The maximum Gasteiger partial charge on any atom is 0.178 e. The van der Waals surface area contributed by atoms with E-state index in [0.29, 0.717) is 0 Å². The third-order valence-electron chi connectivity index (χ3n) is 10.3. The highest BCUT2D eigenvalue weighted by Crippen LogP contribution is 2.42. The van der Waals surface area contributed by atoms with Crippen LogP contribution >= 0.6 is 0 Å². The van der Waals surface area contributed by atoms with Gasteiger partial charge in [-0.15, -0.1) is 0 Å². The predicted molar refractivity (Wildman–Crippen MR) is 214 cm³/mol. The van der Waals surface area contributed by atoms with Crippen molar-refractivity contribution in [2.75, 3.05) is 5.32 Å². The van der Waals surface area contributed by atoms with Crippen molar-refractivity contribution < 1.29 is 13.3 Å². The summed E-state index contributed by atoms with van der Waals surface area (Å²) in [4.78, 5) is 0. The zero-order chi connectivity index (χ0) is 34.2. The Labute approximate surface area is 298 Å². The van der Waals surface area contributed by atoms with Crippen LogP contribution in [-0.2, 0) is 0 Å². The molecule has 0 aliphatic rings. The van der Waals surface area contributed by atoms with Crippen LogP contribution in [0.4, 0.5) is 11.4 Å². The van der Waals surface area contributed by atoms with Gasteiger partial charge in [0.25, 0.3) is 0 Å². The molecule has 0 amide bonds. The molecule has 3 heterocycles. The van der Waals surface area contributed by atoms with Crippen molar-refractivity contribution in [2.45, 2.75) is 0 Å². The molecule has 1 N–H and O–H groups in total. The van der Waals surface area contributed by atoms with Gasteiger partial charge in [-0.2, -0.15) is 0 Å². The molecule has 0 bridgehead atoms. The molecule has 0 spiro atoms. The van der Waals surface area contributed by atoms with Crippen molar-refractivity contribution in [1.82, 2.24) is 0 Å². The minimum absolute atomic E-state index is 0.767. The number of nitrogens with one attached hydrogen (secondary N) is 1. The van der Waals surface area contributed by atoms with Crippen LogP contribution in [0.5, 0.6) is 0 Å². The van der Waals surface area contributed by atoms with Gasteiger partial charge in [0.05, 0.1) is 0 Å². The van der Waals surface area contributed by atoms with E-state index in [4.69, 9.17) is 13.3 Å². The fourth-order valence-corrected chi connectivity index (χ4v) is 7.72. The second-order valence-electron chi connectivity index (χ2n) is 13.4. The molecule has 244 valence electrons. The first kappa shape index (κ1) is 28.8. The van der Waals surface area contributed by atoms with Crippen molar-refractivity contribution in [3.63, 3.8) is 0 Å². The second-order valence-corrected chi connectivity index (χ2v) is 13.4. The molecular weight excluding hydrogens is 639 g/mol. The molecule has 3 aromatic heterocycles. The summed E-state index contributed by atoms with van der Waals surface area (Å²) in [5, 5.41) is 10.0. The number of benzene rings is 8. The minimum atomic E-state index is 0.767. The second kappa shape index (κ2) is 11.2. The van der Waals surface area contributed by atoms with E-state index in [2.05, 4.69) is 145 Å². The first-order chi connectivity index (χ1) is 25.7. The lowest BCUT2D eigenvalue weighted by Crippen LogP contribution is -1.93.